The molecule has 0 aliphatic heterocycles. The molecule has 0 amide bonds. The van der Waals surface area contributed by atoms with Gasteiger partial charge in [-0.2, -0.15) is 11.8 Å². The van der Waals surface area contributed by atoms with E-state index in [1.54, 1.807) is 6.33 Å². The van der Waals surface area contributed by atoms with Gasteiger partial charge in [0, 0.05) is 11.9 Å². The zero-order valence-corrected chi connectivity index (χ0v) is 11.8. The van der Waals surface area contributed by atoms with Crippen LogP contribution >= 0.6 is 11.8 Å². The van der Waals surface area contributed by atoms with E-state index in [4.69, 9.17) is 0 Å². The molecule has 2 rings (SSSR count). The van der Waals surface area contributed by atoms with E-state index < -0.39 is 0 Å². The number of benzene rings is 1. The van der Waals surface area contributed by atoms with Crippen molar-refractivity contribution in [3.8, 4) is 0 Å². The molecule has 0 aliphatic carbocycles. The molecule has 0 bridgehead atoms. The maximum absolute atomic E-state index is 4.34. The molecule has 0 fully saturated rings. The molecule has 1 aromatic heterocycles. The van der Waals surface area contributed by atoms with Crippen LogP contribution in [0.15, 0.2) is 24.5 Å². The Morgan fingerprint density at radius 2 is 2.11 bits per heavy atom. The Bertz CT molecular complexity index is 513. The lowest BCUT2D eigenvalue weighted by atomic mass is 10.1. The molecule has 18 heavy (non-hydrogen) atoms. The molecule has 0 radical (unpaired) electrons. The number of thioether (sulfide) groups is 1. The summed E-state index contributed by atoms with van der Waals surface area (Å²) in [4.78, 5) is 8.62. The highest BCUT2D eigenvalue weighted by molar-refractivity contribution is 7.98. The van der Waals surface area contributed by atoms with E-state index in [2.05, 4.69) is 40.6 Å². The molecule has 4 heteroatoms. The van der Waals surface area contributed by atoms with E-state index in [1.807, 2.05) is 17.8 Å². The number of aromatic nitrogens is 2. The van der Waals surface area contributed by atoms with Crippen LogP contribution in [0.4, 0.5) is 5.82 Å². The number of unbranched alkanes of at least 4 members (excludes halogenated alkanes) is 1. The number of fused-ring (bicyclic) bond motifs is 1. The summed E-state index contributed by atoms with van der Waals surface area (Å²) in [6, 6.07) is 6.27. The summed E-state index contributed by atoms with van der Waals surface area (Å²) in [6.07, 6.45) is 6.20. The van der Waals surface area contributed by atoms with Crippen molar-refractivity contribution >= 4 is 28.5 Å². The molecule has 0 unspecified atom stereocenters. The fourth-order valence-corrected chi connectivity index (χ4v) is 2.38. The van der Waals surface area contributed by atoms with E-state index in [1.165, 1.54) is 24.2 Å². The van der Waals surface area contributed by atoms with Gasteiger partial charge in [0.1, 0.15) is 12.1 Å². The van der Waals surface area contributed by atoms with Crippen molar-refractivity contribution in [2.75, 3.05) is 23.9 Å². The second-order valence-corrected chi connectivity index (χ2v) is 5.36. The first-order chi connectivity index (χ1) is 8.81. The zero-order valence-electron chi connectivity index (χ0n) is 10.9. The molecular weight excluding hydrogens is 242 g/mol. The summed E-state index contributed by atoms with van der Waals surface area (Å²) < 4.78 is 0. The van der Waals surface area contributed by atoms with Gasteiger partial charge in [0.2, 0.25) is 0 Å². The molecule has 0 atom stereocenters. The number of hydrogen-bond acceptors (Lipinski definition) is 4. The smallest absolute Gasteiger partial charge is 0.137 e. The standard InChI is InChI=1S/C14H19N3S/c1-11-5-6-13-12(9-11)14(17-10-16-13)15-7-3-4-8-18-2/h5-6,9-10H,3-4,7-8H2,1-2H3,(H,15,16,17). The van der Waals surface area contributed by atoms with Crippen molar-refractivity contribution in [3.05, 3.63) is 30.1 Å². The topological polar surface area (TPSA) is 37.8 Å². The Morgan fingerprint density at radius 1 is 1.22 bits per heavy atom. The van der Waals surface area contributed by atoms with Crippen molar-refractivity contribution in [1.82, 2.24) is 9.97 Å². The summed E-state index contributed by atoms with van der Waals surface area (Å²) in [5.41, 5.74) is 2.24. The Kier molecular flexibility index (Phi) is 4.81. The Balaban J connectivity index is 2.05. The predicted octanol–water partition coefficient (Wildman–Crippen LogP) is 3.49. The van der Waals surface area contributed by atoms with Gasteiger partial charge in [-0.1, -0.05) is 11.6 Å². The molecule has 1 aromatic carbocycles. The van der Waals surface area contributed by atoms with Crippen LogP contribution < -0.4 is 5.32 Å². The lowest BCUT2D eigenvalue weighted by Crippen LogP contribution is -2.04. The van der Waals surface area contributed by atoms with E-state index >= 15 is 0 Å². The Hall–Kier alpha value is -1.29. The molecule has 0 saturated carbocycles. The summed E-state index contributed by atoms with van der Waals surface area (Å²) in [5, 5.41) is 4.53. The average Bonchev–Trinajstić information content (AvgIpc) is 2.39. The van der Waals surface area contributed by atoms with Crippen molar-refractivity contribution in [3.63, 3.8) is 0 Å². The van der Waals surface area contributed by atoms with E-state index in [0.717, 1.165) is 23.3 Å². The molecule has 3 nitrogen and oxygen atoms in total. The summed E-state index contributed by atoms with van der Waals surface area (Å²) in [7, 11) is 0. The van der Waals surface area contributed by atoms with Gasteiger partial charge in [-0.3, -0.25) is 0 Å². The van der Waals surface area contributed by atoms with Crippen LogP contribution in [0, 0.1) is 6.92 Å². The van der Waals surface area contributed by atoms with Gasteiger partial charge in [-0.25, -0.2) is 9.97 Å². The van der Waals surface area contributed by atoms with E-state index in [0.29, 0.717) is 0 Å². The second kappa shape index (κ2) is 6.59. The summed E-state index contributed by atoms with van der Waals surface area (Å²) >= 11 is 1.90. The third-order valence-electron chi connectivity index (χ3n) is 2.86. The first-order valence-electron chi connectivity index (χ1n) is 6.25. The highest BCUT2D eigenvalue weighted by Crippen LogP contribution is 2.20. The van der Waals surface area contributed by atoms with Crippen molar-refractivity contribution in [2.24, 2.45) is 0 Å². The molecule has 0 spiro atoms. The Labute approximate surface area is 112 Å². The highest BCUT2D eigenvalue weighted by Gasteiger charge is 2.02. The van der Waals surface area contributed by atoms with Crippen LogP contribution in [0.2, 0.25) is 0 Å². The minimum absolute atomic E-state index is 0.952. The predicted molar refractivity (Wildman–Crippen MR) is 80.4 cm³/mol. The number of rotatable bonds is 6. The first kappa shape index (κ1) is 13.1. The van der Waals surface area contributed by atoms with Crippen LogP contribution in [-0.2, 0) is 0 Å². The van der Waals surface area contributed by atoms with E-state index in [-0.39, 0.29) is 0 Å². The maximum Gasteiger partial charge on any atom is 0.137 e. The van der Waals surface area contributed by atoms with Crippen LogP contribution in [0.5, 0.6) is 0 Å². The second-order valence-electron chi connectivity index (χ2n) is 4.37. The van der Waals surface area contributed by atoms with Crippen molar-refractivity contribution in [2.45, 2.75) is 19.8 Å². The fraction of sp³-hybridized carbons (Fsp3) is 0.429. The zero-order chi connectivity index (χ0) is 12.8. The first-order valence-corrected chi connectivity index (χ1v) is 7.65. The van der Waals surface area contributed by atoms with Crippen LogP contribution in [0.25, 0.3) is 10.9 Å². The average molecular weight is 261 g/mol. The highest BCUT2D eigenvalue weighted by atomic mass is 32.2. The van der Waals surface area contributed by atoms with Gasteiger partial charge in [0.15, 0.2) is 0 Å². The number of aryl methyl sites for hydroxylation is 1. The number of anilines is 1. The summed E-state index contributed by atoms with van der Waals surface area (Å²) in [6.45, 7) is 3.06. The van der Waals surface area contributed by atoms with Gasteiger partial charge < -0.3 is 5.32 Å². The Morgan fingerprint density at radius 3 is 2.94 bits per heavy atom. The van der Waals surface area contributed by atoms with Crippen LogP contribution in [-0.4, -0.2) is 28.5 Å². The van der Waals surface area contributed by atoms with Crippen molar-refractivity contribution < 1.29 is 0 Å². The number of hydrogen-bond donors (Lipinski definition) is 1. The third-order valence-corrected chi connectivity index (χ3v) is 3.56. The molecule has 2 aromatic rings. The van der Waals surface area contributed by atoms with Crippen LogP contribution in [0.1, 0.15) is 18.4 Å². The van der Waals surface area contributed by atoms with Crippen molar-refractivity contribution in [1.29, 1.82) is 0 Å². The van der Waals surface area contributed by atoms with Gasteiger partial charge >= 0.3 is 0 Å². The fourth-order valence-electron chi connectivity index (χ4n) is 1.89. The minimum Gasteiger partial charge on any atom is -0.369 e. The maximum atomic E-state index is 4.34. The third kappa shape index (κ3) is 3.35. The quantitative estimate of drug-likeness (QED) is 0.808. The number of nitrogens with zero attached hydrogens (tertiary/aromatic N) is 2. The van der Waals surface area contributed by atoms with Crippen LogP contribution in [0.3, 0.4) is 0 Å². The van der Waals surface area contributed by atoms with Gasteiger partial charge in [-0.15, -0.1) is 0 Å². The van der Waals surface area contributed by atoms with Gasteiger partial charge in [-0.05, 0) is 43.9 Å². The van der Waals surface area contributed by atoms with Gasteiger partial charge in [0.25, 0.3) is 0 Å². The summed E-state index contributed by atoms with van der Waals surface area (Å²) in [5.74, 6) is 2.18. The van der Waals surface area contributed by atoms with E-state index in [9.17, 15) is 0 Å². The molecular formula is C14H19N3S. The minimum atomic E-state index is 0.952. The molecule has 96 valence electrons. The monoisotopic (exact) mass is 261 g/mol. The lowest BCUT2D eigenvalue weighted by Gasteiger charge is -2.08. The molecule has 0 aliphatic rings. The largest absolute Gasteiger partial charge is 0.369 e. The number of nitrogens with one attached hydrogen (secondary N) is 1. The van der Waals surface area contributed by atoms with Gasteiger partial charge in [0.05, 0.1) is 5.52 Å². The SMILES string of the molecule is CSCCCCNc1ncnc2ccc(C)cc12. The molecule has 1 heterocycles. The normalized spacial score (nSPS) is 10.8. The lowest BCUT2D eigenvalue weighted by molar-refractivity contribution is 0.840. The molecule has 0 saturated heterocycles. The molecule has 1 N–H and O–H groups in total.